The first kappa shape index (κ1) is 18.7. The van der Waals surface area contributed by atoms with Crippen LogP contribution in [-0.2, 0) is 14.3 Å². The molecule has 1 aliphatic heterocycles. The number of para-hydroxylation sites is 2. The summed E-state index contributed by atoms with van der Waals surface area (Å²) in [5, 5.41) is 0. The molecule has 2 aliphatic rings. The van der Waals surface area contributed by atoms with Crippen molar-refractivity contribution in [2.75, 3.05) is 23.3 Å². The van der Waals surface area contributed by atoms with Gasteiger partial charge in [-0.15, -0.1) is 23.2 Å². The highest BCUT2D eigenvalue weighted by atomic mass is 35.5. The number of halogens is 2. The number of carbonyl (C=O) groups is 2. The monoisotopic (exact) mass is 421 g/mol. The van der Waals surface area contributed by atoms with Crippen molar-refractivity contribution >= 4 is 58.2 Å². The quantitative estimate of drug-likeness (QED) is 0.511. The molecule has 1 unspecified atom stereocenters. The summed E-state index contributed by atoms with van der Waals surface area (Å²) in [7, 11) is 0. The first-order valence-corrected chi connectivity index (χ1v) is 10.5. The Balaban J connectivity index is 1.52. The average molecular weight is 422 g/mol. The molecule has 1 atom stereocenters. The molecule has 1 aliphatic carbocycles. The van der Waals surface area contributed by atoms with Crippen molar-refractivity contribution in [1.29, 1.82) is 0 Å². The highest BCUT2D eigenvalue weighted by Gasteiger charge is 2.58. The van der Waals surface area contributed by atoms with Crippen LogP contribution in [0.4, 0.5) is 11.4 Å². The second-order valence-corrected chi connectivity index (χ2v) is 8.38. The van der Waals surface area contributed by atoms with Crippen LogP contribution < -0.4 is 4.90 Å². The first-order valence-electron chi connectivity index (χ1n) is 8.57. The van der Waals surface area contributed by atoms with Gasteiger partial charge < -0.3 is 4.74 Å². The highest BCUT2D eigenvalue weighted by Crippen LogP contribution is 2.55. The van der Waals surface area contributed by atoms with Crippen LogP contribution in [0.2, 0.25) is 0 Å². The predicted octanol–water partition coefficient (Wildman–Crippen LogP) is 4.84. The summed E-state index contributed by atoms with van der Waals surface area (Å²) in [5.41, 5.74) is 1.21. The molecule has 0 spiro atoms. The fourth-order valence-electron chi connectivity index (χ4n) is 3.28. The van der Waals surface area contributed by atoms with Crippen molar-refractivity contribution in [3.63, 3.8) is 0 Å². The lowest BCUT2D eigenvalue weighted by Gasteiger charge is -2.30. The molecule has 4 nitrogen and oxygen atoms in total. The number of carbonyl (C=O) groups excluding carboxylic acids is 2. The van der Waals surface area contributed by atoms with Gasteiger partial charge in [-0.2, -0.15) is 0 Å². The van der Waals surface area contributed by atoms with E-state index in [1.807, 2.05) is 48.5 Å². The number of anilines is 2. The van der Waals surface area contributed by atoms with Gasteiger partial charge in [0, 0.05) is 27.0 Å². The van der Waals surface area contributed by atoms with Gasteiger partial charge in [-0.25, -0.2) is 0 Å². The molecule has 0 radical (unpaired) electrons. The summed E-state index contributed by atoms with van der Waals surface area (Å²) < 4.78 is 5.32. The second kappa shape index (κ2) is 7.38. The van der Waals surface area contributed by atoms with E-state index < -0.39 is 5.97 Å². The van der Waals surface area contributed by atoms with E-state index >= 15 is 0 Å². The van der Waals surface area contributed by atoms with Crippen LogP contribution in [0.15, 0.2) is 58.3 Å². The molecule has 1 fully saturated rings. The minimum absolute atomic E-state index is 0.286. The largest absolute Gasteiger partial charge is 0.455 e. The molecule has 2 aromatic rings. The molecule has 7 heteroatoms. The van der Waals surface area contributed by atoms with Crippen molar-refractivity contribution in [3.8, 4) is 0 Å². The molecule has 27 heavy (non-hydrogen) atoms. The van der Waals surface area contributed by atoms with Crippen LogP contribution in [0.3, 0.4) is 0 Å². The van der Waals surface area contributed by atoms with Crippen LogP contribution in [0.1, 0.15) is 6.42 Å². The molecule has 1 amide bonds. The van der Waals surface area contributed by atoms with Crippen molar-refractivity contribution in [2.24, 2.45) is 11.3 Å². The van der Waals surface area contributed by atoms with Crippen molar-refractivity contribution < 1.29 is 14.3 Å². The van der Waals surface area contributed by atoms with Gasteiger partial charge in [-0.05, 0) is 30.7 Å². The number of amides is 1. The Hall–Kier alpha value is -1.69. The Kier molecular flexibility index (Phi) is 5.10. The topological polar surface area (TPSA) is 46.6 Å². The Morgan fingerprint density at radius 2 is 1.59 bits per heavy atom. The van der Waals surface area contributed by atoms with Gasteiger partial charge in [-0.3, -0.25) is 14.5 Å². The third-order valence-electron chi connectivity index (χ3n) is 5.03. The Bertz CT molecular complexity index is 855. The Morgan fingerprint density at radius 1 is 1.04 bits per heavy atom. The molecule has 1 heterocycles. The number of hydrogen-bond donors (Lipinski definition) is 0. The number of nitrogens with zero attached hydrogens (tertiary/aromatic N) is 1. The lowest BCUT2D eigenvalue weighted by atomic mass is 10.1. The van der Waals surface area contributed by atoms with Crippen LogP contribution in [-0.4, -0.2) is 30.2 Å². The smallest absolute Gasteiger partial charge is 0.310 e. The zero-order chi connectivity index (χ0) is 19.0. The lowest BCUT2D eigenvalue weighted by Crippen LogP contribution is -2.33. The van der Waals surface area contributed by atoms with Crippen molar-refractivity contribution in [3.05, 3.63) is 48.5 Å². The number of fused-ring (bicyclic) bond motifs is 2. The van der Waals surface area contributed by atoms with Crippen LogP contribution >= 0.6 is 35.0 Å². The maximum Gasteiger partial charge on any atom is 0.310 e. The van der Waals surface area contributed by atoms with E-state index in [-0.39, 0.29) is 23.8 Å². The van der Waals surface area contributed by atoms with Gasteiger partial charge in [0.25, 0.3) is 5.91 Å². The molecular weight excluding hydrogens is 405 g/mol. The van der Waals surface area contributed by atoms with Gasteiger partial charge in [0.05, 0.1) is 17.3 Å². The summed E-state index contributed by atoms with van der Waals surface area (Å²) in [6.07, 6.45) is 0.610. The standard InChI is InChI=1S/C20H17Cl2NO3S/c21-11-20(12-22)9-13(20)19(25)26-10-18(24)23-14-5-1-3-7-16(14)27-17-8-4-2-6-15(17)23/h1-8,13H,9-12H2. The molecule has 2 aromatic carbocycles. The van der Waals surface area contributed by atoms with E-state index in [9.17, 15) is 9.59 Å². The van der Waals surface area contributed by atoms with Crippen LogP contribution in [0.5, 0.6) is 0 Å². The molecule has 0 saturated heterocycles. The second-order valence-electron chi connectivity index (χ2n) is 6.76. The zero-order valence-electron chi connectivity index (χ0n) is 14.4. The number of benzene rings is 2. The van der Waals surface area contributed by atoms with E-state index in [4.69, 9.17) is 27.9 Å². The van der Waals surface area contributed by atoms with E-state index in [2.05, 4.69) is 0 Å². The third kappa shape index (κ3) is 3.33. The maximum absolute atomic E-state index is 13.0. The van der Waals surface area contributed by atoms with Gasteiger partial charge in [0.15, 0.2) is 6.61 Å². The number of esters is 1. The number of rotatable bonds is 5. The summed E-state index contributed by atoms with van der Waals surface area (Å²) in [6, 6.07) is 15.4. The zero-order valence-corrected chi connectivity index (χ0v) is 16.7. The van der Waals surface area contributed by atoms with Gasteiger partial charge in [0.1, 0.15) is 0 Å². The van der Waals surface area contributed by atoms with Crippen molar-refractivity contribution in [1.82, 2.24) is 0 Å². The number of ether oxygens (including phenoxy) is 1. The fourth-order valence-corrected chi connectivity index (χ4v) is 5.22. The third-order valence-corrected chi connectivity index (χ3v) is 7.22. The predicted molar refractivity (Wildman–Crippen MR) is 107 cm³/mol. The Labute approximate surface area is 171 Å². The molecule has 4 rings (SSSR count). The van der Waals surface area contributed by atoms with Gasteiger partial charge in [0.2, 0.25) is 0 Å². The average Bonchev–Trinajstić information content (AvgIpc) is 3.45. The SMILES string of the molecule is O=C(OCC(=O)N1c2ccccc2Sc2ccccc21)C1CC1(CCl)CCl. The van der Waals surface area contributed by atoms with E-state index in [1.165, 1.54) is 0 Å². The van der Waals surface area contributed by atoms with E-state index in [0.717, 1.165) is 21.2 Å². The van der Waals surface area contributed by atoms with E-state index in [1.54, 1.807) is 16.7 Å². The summed E-state index contributed by atoms with van der Waals surface area (Å²) >= 11 is 13.5. The maximum atomic E-state index is 13.0. The summed E-state index contributed by atoms with van der Waals surface area (Å²) in [5.74, 6) is -0.385. The van der Waals surface area contributed by atoms with E-state index in [0.29, 0.717) is 18.2 Å². The highest BCUT2D eigenvalue weighted by molar-refractivity contribution is 7.99. The molecule has 140 valence electrons. The van der Waals surface area contributed by atoms with Crippen LogP contribution in [0.25, 0.3) is 0 Å². The molecular formula is C20H17Cl2NO3S. The minimum atomic E-state index is -0.405. The Morgan fingerprint density at radius 3 is 2.11 bits per heavy atom. The van der Waals surface area contributed by atoms with Gasteiger partial charge >= 0.3 is 5.97 Å². The van der Waals surface area contributed by atoms with Crippen molar-refractivity contribution in [2.45, 2.75) is 16.2 Å². The minimum Gasteiger partial charge on any atom is -0.455 e. The number of hydrogen-bond acceptors (Lipinski definition) is 4. The first-order chi connectivity index (χ1) is 13.1. The molecule has 0 N–H and O–H groups in total. The summed E-state index contributed by atoms with van der Waals surface area (Å²) in [4.78, 5) is 28.9. The molecule has 0 aromatic heterocycles. The van der Waals surface area contributed by atoms with Crippen LogP contribution in [0, 0.1) is 11.3 Å². The normalized spacial score (nSPS) is 19.0. The summed E-state index contributed by atoms with van der Waals surface area (Å²) in [6.45, 7) is -0.316. The fraction of sp³-hybridized carbons (Fsp3) is 0.300. The number of alkyl halides is 2. The molecule has 0 bridgehead atoms. The van der Waals surface area contributed by atoms with Gasteiger partial charge in [-0.1, -0.05) is 36.0 Å². The lowest BCUT2D eigenvalue weighted by molar-refractivity contribution is -0.149. The molecule has 1 saturated carbocycles.